The Balaban J connectivity index is 1.70. The van der Waals surface area contributed by atoms with Gasteiger partial charge in [-0.05, 0) is 42.5 Å². The van der Waals surface area contributed by atoms with Gasteiger partial charge in [0.1, 0.15) is 11.5 Å². The summed E-state index contributed by atoms with van der Waals surface area (Å²) in [4.78, 5) is 12.1. The molecule has 126 valence electrons. The molecule has 3 rings (SSSR count). The molecule has 1 amide bonds. The highest BCUT2D eigenvalue weighted by Gasteiger charge is 2.10. The Morgan fingerprint density at radius 3 is 2.52 bits per heavy atom. The number of nitrogens with zero attached hydrogens (tertiary/aromatic N) is 2. The lowest BCUT2D eigenvalue weighted by atomic mass is 10.1. The van der Waals surface area contributed by atoms with Crippen molar-refractivity contribution in [1.29, 1.82) is 0 Å². The quantitative estimate of drug-likeness (QED) is 0.526. The fourth-order valence-electron chi connectivity index (χ4n) is 2.06. The number of rotatable bonds is 4. The molecular formula is C17H11Cl2FN4O. The van der Waals surface area contributed by atoms with Crippen LogP contribution in [-0.2, 0) is 0 Å². The van der Waals surface area contributed by atoms with Gasteiger partial charge in [-0.1, -0.05) is 29.3 Å². The zero-order valence-corrected chi connectivity index (χ0v) is 14.1. The van der Waals surface area contributed by atoms with Gasteiger partial charge in [0.25, 0.3) is 5.91 Å². The SMILES string of the molecule is O=C(NN=Cc1c(Cl)cccc1Cl)c1cc(-c2ccc(F)cc2)n[nH]1. The number of hydrogen-bond acceptors (Lipinski definition) is 3. The number of carbonyl (C=O) groups is 1. The molecule has 0 saturated heterocycles. The van der Waals surface area contributed by atoms with Gasteiger partial charge < -0.3 is 0 Å². The topological polar surface area (TPSA) is 70.1 Å². The lowest BCUT2D eigenvalue weighted by Crippen LogP contribution is -2.18. The van der Waals surface area contributed by atoms with Gasteiger partial charge in [0.05, 0.1) is 22.0 Å². The van der Waals surface area contributed by atoms with Crippen LogP contribution in [0.15, 0.2) is 53.6 Å². The number of aromatic nitrogens is 2. The summed E-state index contributed by atoms with van der Waals surface area (Å²) in [6, 6.07) is 12.4. The number of H-pyrrole nitrogens is 1. The Kier molecular flexibility index (Phi) is 5.11. The first-order chi connectivity index (χ1) is 12.0. The summed E-state index contributed by atoms with van der Waals surface area (Å²) in [5.41, 5.74) is 4.27. The highest BCUT2D eigenvalue weighted by molar-refractivity contribution is 6.38. The van der Waals surface area contributed by atoms with E-state index in [1.807, 2.05) is 0 Å². The second-order valence-corrected chi connectivity index (χ2v) is 5.82. The molecule has 2 aromatic carbocycles. The maximum Gasteiger partial charge on any atom is 0.289 e. The van der Waals surface area contributed by atoms with E-state index in [1.54, 1.807) is 36.4 Å². The van der Waals surface area contributed by atoms with E-state index in [0.29, 0.717) is 26.9 Å². The van der Waals surface area contributed by atoms with Gasteiger partial charge >= 0.3 is 0 Å². The van der Waals surface area contributed by atoms with Crippen molar-refractivity contribution < 1.29 is 9.18 Å². The lowest BCUT2D eigenvalue weighted by Gasteiger charge is -2.00. The van der Waals surface area contributed by atoms with E-state index in [-0.39, 0.29) is 11.5 Å². The first-order valence-corrected chi connectivity index (χ1v) is 7.89. The highest BCUT2D eigenvalue weighted by Crippen LogP contribution is 2.22. The van der Waals surface area contributed by atoms with Crippen LogP contribution < -0.4 is 5.43 Å². The second-order valence-electron chi connectivity index (χ2n) is 5.01. The summed E-state index contributed by atoms with van der Waals surface area (Å²) in [5, 5.41) is 11.3. The fourth-order valence-corrected chi connectivity index (χ4v) is 2.55. The summed E-state index contributed by atoms with van der Waals surface area (Å²) in [6.07, 6.45) is 1.36. The van der Waals surface area contributed by atoms with Crippen LogP contribution in [0.3, 0.4) is 0 Å². The third-order valence-electron chi connectivity index (χ3n) is 3.32. The second kappa shape index (κ2) is 7.46. The van der Waals surface area contributed by atoms with Crippen LogP contribution in [0.25, 0.3) is 11.3 Å². The first-order valence-electron chi connectivity index (χ1n) is 7.13. The molecule has 0 saturated carbocycles. The van der Waals surface area contributed by atoms with Crippen molar-refractivity contribution in [2.45, 2.75) is 0 Å². The normalized spacial score (nSPS) is 11.0. The molecule has 3 aromatic rings. The third-order valence-corrected chi connectivity index (χ3v) is 3.98. The molecule has 0 aliphatic carbocycles. The molecule has 0 unspecified atom stereocenters. The van der Waals surface area contributed by atoms with Gasteiger partial charge in [0, 0.05) is 11.1 Å². The summed E-state index contributed by atoms with van der Waals surface area (Å²) >= 11 is 12.0. The Hall–Kier alpha value is -2.70. The highest BCUT2D eigenvalue weighted by atomic mass is 35.5. The largest absolute Gasteiger partial charge is 0.289 e. The number of hydrazone groups is 1. The monoisotopic (exact) mass is 376 g/mol. The van der Waals surface area contributed by atoms with E-state index >= 15 is 0 Å². The minimum absolute atomic E-state index is 0.210. The number of halogens is 3. The zero-order valence-electron chi connectivity index (χ0n) is 12.6. The number of benzene rings is 2. The standard InChI is InChI=1S/C17H11Cl2FN4O/c18-13-2-1-3-14(19)12(13)9-21-24-17(25)16-8-15(22-23-16)10-4-6-11(20)7-5-10/h1-9H,(H,22,23)(H,24,25). The predicted octanol–water partition coefficient (Wildman–Crippen LogP) is 4.29. The third kappa shape index (κ3) is 4.04. The molecule has 1 aromatic heterocycles. The van der Waals surface area contributed by atoms with Crippen LogP contribution in [0.5, 0.6) is 0 Å². The Morgan fingerprint density at radius 2 is 1.84 bits per heavy atom. The van der Waals surface area contributed by atoms with Crippen molar-refractivity contribution in [2.75, 3.05) is 0 Å². The van der Waals surface area contributed by atoms with Crippen LogP contribution in [0.2, 0.25) is 10.0 Å². The lowest BCUT2D eigenvalue weighted by molar-refractivity contribution is 0.0950. The zero-order chi connectivity index (χ0) is 17.8. The average Bonchev–Trinajstić information content (AvgIpc) is 3.08. The number of nitrogens with one attached hydrogen (secondary N) is 2. The molecule has 5 nitrogen and oxygen atoms in total. The van der Waals surface area contributed by atoms with Gasteiger partial charge in [-0.3, -0.25) is 9.89 Å². The van der Waals surface area contributed by atoms with Gasteiger partial charge in [0.15, 0.2) is 0 Å². The molecule has 0 atom stereocenters. The maximum atomic E-state index is 12.9. The van der Waals surface area contributed by atoms with Crippen molar-refractivity contribution in [3.8, 4) is 11.3 Å². The molecule has 1 heterocycles. The number of hydrogen-bond donors (Lipinski definition) is 2. The molecule has 2 N–H and O–H groups in total. The van der Waals surface area contributed by atoms with E-state index in [0.717, 1.165) is 0 Å². The molecule has 0 radical (unpaired) electrons. The van der Waals surface area contributed by atoms with E-state index < -0.39 is 5.91 Å². The van der Waals surface area contributed by atoms with Gasteiger partial charge in [0.2, 0.25) is 0 Å². The molecule has 8 heteroatoms. The van der Waals surface area contributed by atoms with E-state index in [4.69, 9.17) is 23.2 Å². The van der Waals surface area contributed by atoms with E-state index in [9.17, 15) is 9.18 Å². The summed E-state index contributed by atoms with van der Waals surface area (Å²) in [7, 11) is 0. The van der Waals surface area contributed by atoms with E-state index in [1.165, 1.54) is 18.3 Å². The van der Waals surface area contributed by atoms with Gasteiger partial charge in [-0.2, -0.15) is 10.2 Å². The van der Waals surface area contributed by atoms with Crippen molar-refractivity contribution in [2.24, 2.45) is 5.10 Å². The predicted molar refractivity (Wildman–Crippen MR) is 95.5 cm³/mol. The number of carbonyl (C=O) groups excluding carboxylic acids is 1. The Morgan fingerprint density at radius 1 is 1.16 bits per heavy atom. The summed E-state index contributed by atoms with van der Waals surface area (Å²) in [6.45, 7) is 0. The van der Waals surface area contributed by atoms with Gasteiger partial charge in [-0.15, -0.1) is 0 Å². The van der Waals surface area contributed by atoms with E-state index in [2.05, 4.69) is 20.7 Å². The van der Waals surface area contributed by atoms with Crippen molar-refractivity contribution in [1.82, 2.24) is 15.6 Å². The maximum absolute atomic E-state index is 12.9. The average molecular weight is 377 g/mol. The molecule has 0 aliphatic rings. The summed E-state index contributed by atoms with van der Waals surface area (Å²) < 4.78 is 12.9. The Bertz CT molecular complexity index is 918. The Labute approximate surface area is 152 Å². The van der Waals surface area contributed by atoms with Crippen LogP contribution in [0, 0.1) is 5.82 Å². The number of amides is 1. The van der Waals surface area contributed by atoms with Crippen LogP contribution in [-0.4, -0.2) is 22.3 Å². The van der Waals surface area contributed by atoms with Gasteiger partial charge in [-0.25, -0.2) is 9.82 Å². The van der Waals surface area contributed by atoms with Crippen LogP contribution >= 0.6 is 23.2 Å². The molecule has 0 fully saturated rings. The molecular weight excluding hydrogens is 366 g/mol. The molecule has 0 aliphatic heterocycles. The fraction of sp³-hybridized carbons (Fsp3) is 0. The molecule has 25 heavy (non-hydrogen) atoms. The van der Waals surface area contributed by atoms with Crippen molar-refractivity contribution in [3.63, 3.8) is 0 Å². The molecule has 0 bridgehead atoms. The minimum atomic E-state index is -0.486. The molecule has 0 spiro atoms. The first kappa shape index (κ1) is 17.1. The minimum Gasteiger partial charge on any atom is -0.272 e. The smallest absolute Gasteiger partial charge is 0.272 e. The van der Waals surface area contributed by atoms with Crippen LogP contribution in [0.1, 0.15) is 16.1 Å². The number of aromatic amines is 1. The van der Waals surface area contributed by atoms with Crippen molar-refractivity contribution >= 4 is 35.3 Å². The van der Waals surface area contributed by atoms with Crippen LogP contribution in [0.4, 0.5) is 4.39 Å². The van der Waals surface area contributed by atoms with Crippen molar-refractivity contribution in [3.05, 3.63) is 75.7 Å². The summed E-state index contributed by atoms with van der Waals surface area (Å²) in [5.74, 6) is -0.829.